The molecule has 3 aromatic carbocycles. The summed E-state index contributed by atoms with van der Waals surface area (Å²) < 4.78 is 5.65. The largest absolute Gasteiger partial charge is 0.444 e. The van der Waals surface area contributed by atoms with Crippen LogP contribution in [-0.2, 0) is 11.2 Å². The van der Waals surface area contributed by atoms with Crippen molar-refractivity contribution in [2.24, 2.45) is 4.99 Å². The van der Waals surface area contributed by atoms with E-state index >= 15 is 0 Å². The maximum Gasteiger partial charge on any atom is 0.410 e. The first-order valence-electron chi connectivity index (χ1n) is 12.4. The molecule has 3 aromatic rings. The predicted octanol–water partition coefficient (Wildman–Crippen LogP) is 6.23. The molecule has 0 aliphatic carbocycles. The monoisotopic (exact) mass is 467 g/mol. The zero-order valence-corrected chi connectivity index (χ0v) is 20.9. The lowest BCUT2D eigenvalue weighted by Gasteiger charge is -2.43. The standard InChI is InChI=1S/C30H33N3O2/c1-21-19-32(29(34)35-30(2,3)4)20-26-17-24-15-16-25(18-27(24)33(21)26)31-28(22-11-7-5-8-12-22)23-13-9-6-10-14-23/h5-16,18,21,26H,17,19-20H2,1-4H3/t21?,26-/m1/s1. The van der Waals surface area contributed by atoms with E-state index in [0.29, 0.717) is 13.1 Å². The summed E-state index contributed by atoms with van der Waals surface area (Å²) in [6, 6.07) is 27.6. The molecule has 0 aromatic heterocycles. The lowest BCUT2D eigenvalue weighted by Crippen LogP contribution is -2.58. The van der Waals surface area contributed by atoms with Crippen molar-refractivity contribution >= 4 is 23.2 Å². The van der Waals surface area contributed by atoms with Crippen molar-refractivity contribution in [1.29, 1.82) is 0 Å². The molecule has 2 heterocycles. The van der Waals surface area contributed by atoms with Crippen LogP contribution in [0, 0.1) is 0 Å². The van der Waals surface area contributed by atoms with Crippen LogP contribution in [0.2, 0.25) is 0 Å². The summed E-state index contributed by atoms with van der Waals surface area (Å²) in [6.45, 7) is 9.25. The summed E-state index contributed by atoms with van der Waals surface area (Å²) in [5, 5.41) is 0. The van der Waals surface area contributed by atoms with Crippen LogP contribution in [0.15, 0.2) is 83.9 Å². The minimum atomic E-state index is -0.488. The molecule has 180 valence electrons. The maximum absolute atomic E-state index is 12.7. The van der Waals surface area contributed by atoms with Gasteiger partial charge in [0.25, 0.3) is 0 Å². The zero-order chi connectivity index (χ0) is 24.6. The molecule has 1 amide bonds. The average molecular weight is 468 g/mol. The Kier molecular flexibility index (Phi) is 6.10. The van der Waals surface area contributed by atoms with Gasteiger partial charge in [-0.1, -0.05) is 66.7 Å². The Balaban J connectivity index is 1.44. The summed E-state index contributed by atoms with van der Waals surface area (Å²) in [7, 11) is 0. The number of hydrogen-bond donors (Lipinski definition) is 0. The zero-order valence-electron chi connectivity index (χ0n) is 20.9. The van der Waals surface area contributed by atoms with Crippen molar-refractivity contribution in [2.45, 2.75) is 51.8 Å². The molecule has 0 bridgehead atoms. The first-order chi connectivity index (χ1) is 16.8. The second kappa shape index (κ2) is 9.21. The third-order valence-corrected chi connectivity index (χ3v) is 6.57. The van der Waals surface area contributed by atoms with Gasteiger partial charge in [-0.15, -0.1) is 0 Å². The van der Waals surface area contributed by atoms with Crippen molar-refractivity contribution in [3.8, 4) is 0 Å². The number of carbonyl (C=O) groups is 1. The lowest BCUT2D eigenvalue weighted by molar-refractivity contribution is 0.0192. The van der Waals surface area contributed by atoms with E-state index in [9.17, 15) is 4.79 Å². The number of rotatable bonds is 3. The average Bonchev–Trinajstić information content (AvgIpc) is 3.21. The fourth-order valence-corrected chi connectivity index (χ4v) is 5.16. The molecule has 1 fully saturated rings. The summed E-state index contributed by atoms with van der Waals surface area (Å²) in [6.07, 6.45) is 0.702. The molecule has 35 heavy (non-hydrogen) atoms. The highest BCUT2D eigenvalue weighted by Gasteiger charge is 2.40. The number of carbonyl (C=O) groups excluding carboxylic acids is 1. The highest BCUT2D eigenvalue weighted by Crippen LogP contribution is 2.39. The third-order valence-electron chi connectivity index (χ3n) is 6.57. The van der Waals surface area contributed by atoms with Gasteiger partial charge < -0.3 is 14.5 Å². The Hall–Kier alpha value is -3.60. The van der Waals surface area contributed by atoms with E-state index in [1.807, 2.05) is 62.1 Å². The summed E-state index contributed by atoms with van der Waals surface area (Å²) in [4.78, 5) is 22.2. The SMILES string of the molecule is CC1CN(C(=O)OC(C)(C)C)C[C@H]2Cc3ccc(N=C(c4ccccc4)c4ccccc4)cc3N12. The molecule has 5 heteroatoms. The number of aliphatic imine (C=N–C) groups is 1. The van der Waals surface area contributed by atoms with Gasteiger partial charge in [-0.2, -0.15) is 0 Å². The minimum absolute atomic E-state index is 0.199. The Morgan fingerprint density at radius 3 is 2.14 bits per heavy atom. The number of amides is 1. The second-order valence-electron chi connectivity index (χ2n) is 10.5. The van der Waals surface area contributed by atoms with E-state index in [0.717, 1.165) is 28.9 Å². The smallest absolute Gasteiger partial charge is 0.410 e. The molecule has 0 spiro atoms. The molecule has 2 aliphatic rings. The van der Waals surface area contributed by atoms with Gasteiger partial charge in [0.2, 0.25) is 0 Å². The Morgan fingerprint density at radius 1 is 0.914 bits per heavy atom. The molecule has 0 radical (unpaired) electrons. The predicted molar refractivity (Wildman–Crippen MR) is 142 cm³/mol. The molecule has 1 saturated heterocycles. The van der Waals surface area contributed by atoms with Crippen LogP contribution in [0.25, 0.3) is 0 Å². The number of benzene rings is 3. The second-order valence-corrected chi connectivity index (χ2v) is 10.5. The highest BCUT2D eigenvalue weighted by atomic mass is 16.6. The number of piperazine rings is 1. The van der Waals surface area contributed by atoms with E-state index in [1.54, 1.807) is 0 Å². The summed E-state index contributed by atoms with van der Waals surface area (Å²) in [5.74, 6) is 0. The van der Waals surface area contributed by atoms with Crippen molar-refractivity contribution in [3.63, 3.8) is 0 Å². The molecule has 1 unspecified atom stereocenters. The van der Waals surface area contributed by atoms with Crippen LogP contribution in [0.5, 0.6) is 0 Å². The van der Waals surface area contributed by atoms with Crippen LogP contribution >= 0.6 is 0 Å². The summed E-state index contributed by atoms with van der Waals surface area (Å²) in [5.41, 5.74) is 6.14. The Labute approximate surface area is 208 Å². The van der Waals surface area contributed by atoms with Crippen molar-refractivity contribution < 1.29 is 9.53 Å². The first kappa shape index (κ1) is 23.2. The van der Waals surface area contributed by atoms with Gasteiger partial charge in [0.15, 0.2) is 0 Å². The fraction of sp³-hybridized carbons (Fsp3) is 0.333. The van der Waals surface area contributed by atoms with Crippen LogP contribution in [0.4, 0.5) is 16.2 Å². The van der Waals surface area contributed by atoms with E-state index in [-0.39, 0.29) is 18.2 Å². The van der Waals surface area contributed by atoms with Gasteiger partial charge in [-0.05, 0) is 51.8 Å². The van der Waals surface area contributed by atoms with Crippen LogP contribution in [0.3, 0.4) is 0 Å². The van der Waals surface area contributed by atoms with Crippen molar-refractivity contribution in [3.05, 3.63) is 95.6 Å². The van der Waals surface area contributed by atoms with E-state index in [4.69, 9.17) is 9.73 Å². The summed E-state index contributed by atoms with van der Waals surface area (Å²) >= 11 is 0. The van der Waals surface area contributed by atoms with Crippen LogP contribution in [-0.4, -0.2) is 47.5 Å². The molecule has 2 atom stereocenters. The van der Waals surface area contributed by atoms with Gasteiger partial charge in [0.1, 0.15) is 5.60 Å². The van der Waals surface area contributed by atoms with Crippen molar-refractivity contribution in [1.82, 2.24) is 4.90 Å². The van der Waals surface area contributed by atoms with Crippen LogP contribution < -0.4 is 4.90 Å². The molecule has 5 nitrogen and oxygen atoms in total. The fourth-order valence-electron chi connectivity index (χ4n) is 5.16. The molecular formula is C30H33N3O2. The van der Waals surface area contributed by atoms with Gasteiger partial charge in [0, 0.05) is 35.9 Å². The molecule has 5 rings (SSSR count). The van der Waals surface area contributed by atoms with Gasteiger partial charge in [-0.25, -0.2) is 9.79 Å². The van der Waals surface area contributed by atoms with E-state index in [2.05, 4.69) is 54.3 Å². The van der Waals surface area contributed by atoms with E-state index < -0.39 is 5.60 Å². The molecule has 2 aliphatic heterocycles. The Morgan fingerprint density at radius 2 is 1.54 bits per heavy atom. The number of anilines is 1. The quantitative estimate of drug-likeness (QED) is 0.429. The maximum atomic E-state index is 12.7. The number of nitrogens with zero attached hydrogens (tertiary/aromatic N) is 3. The molecule has 0 saturated carbocycles. The van der Waals surface area contributed by atoms with Gasteiger partial charge in [0.05, 0.1) is 17.4 Å². The first-order valence-corrected chi connectivity index (χ1v) is 12.4. The topological polar surface area (TPSA) is 45.1 Å². The number of fused-ring (bicyclic) bond motifs is 3. The number of ether oxygens (including phenoxy) is 1. The highest BCUT2D eigenvalue weighted by molar-refractivity contribution is 6.14. The Bertz CT molecular complexity index is 1190. The molecule has 0 N–H and O–H groups in total. The minimum Gasteiger partial charge on any atom is -0.444 e. The third kappa shape index (κ3) is 4.95. The van der Waals surface area contributed by atoms with Crippen LogP contribution in [0.1, 0.15) is 44.4 Å². The number of hydrogen-bond acceptors (Lipinski definition) is 4. The van der Waals surface area contributed by atoms with Gasteiger partial charge >= 0.3 is 6.09 Å². The normalized spacial score (nSPS) is 19.1. The van der Waals surface area contributed by atoms with E-state index in [1.165, 1.54) is 11.3 Å². The van der Waals surface area contributed by atoms with Gasteiger partial charge in [-0.3, -0.25) is 0 Å². The molecular weight excluding hydrogens is 434 g/mol. The lowest BCUT2D eigenvalue weighted by atomic mass is 10.0. The van der Waals surface area contributed by atoms with Crippen molar-refractivity contribution in [2.75, 3.05) is 18.0 Å².